The average Bonchev–Trinajstić information content (AvgIpc) is 3.95. The van der Waals surface area contributed by atoms with Crippen molar-refractivity contribution in [1.82, 2.24) is 25.3 Å². The highest BCUT2D eigenvalue weighted by Gasteiger charge is 2.44. The normalized spacial score (nSPS) is 22.6. The van der Waals surface area contributed by atoms with Crippen LogP contribution in [0.1, 0.15) is 105 Å². The number of nitrogens with one attached hydrogen (secondary N) is 2. The van der Waals surface area contributed by atoms with E-state index in [-0.39, 0.29) is 48.6 Å². The minimum atomic E-state index is -1.09. The number of hydrogen-bond donors (Lipinski definition) is 4. The highest BCUT2D eigenvalue weighted by Crippen LogP contribution is 2.29. The summed E-state index contributed by atoms with van der Waals surface area (Å²) in [6.07, 6.45) is 3.18. The summed E-state index contributed by atoms with van der Waals surface area (Å²) in [4.78, 5) is 85.7. The maximum absolute atomic E-state index is 14.1. The Morgan fingerprint density at radius 2 is 1.42 bits per heavy atom. The average molecular weight is 769 g/mol. The zero-order chi connectivity index (χ0) is 40.4. The van der Waals surface area contributed by atoms with Crippen molar-refractivity contribution in [1.29, 1.82) is 0 Å². The molecule has 3 fully saturated rings. The number of hydrogen-bond acceptors (Lipinski definition) is 8. The largest absolute Gasteiger partial charge is 0.445 e. The van der Waals surface area contributed by atoms with E-state index in [1.54, 1.807) is 4.90 Å². The summed E-state index contributed by atoms with van der Waals surface area (Å²) in [6, 6.07) is 5.69. The predicted octanol–water partition coefficient (Wildman–Crippen LogP) is 3.34. The SMILES string of the molecule is CC[C@@H](C)[C@@H](NC(=O)[C@@H](CC(C)C)[C@H](O)C[C@H]1CCCN1C(=O)OCc1ccccc1)C(=O)N[C@@H](C(=O)N1CCC[C@@H]1C(=O)N1CCC[C@@H]1C(N)=O)C(C)C. The van der Waals surface area contributed by atoms with Crippen molar-refractivity contribution in [2.75, 3.05) is 19.6 Å². The van der Waals surface area contributed by atoms with Gasteiger partial charge in [-0.15, -0.1) is 0 Å². The molecule has 6 amide bonds. The summed E-state index contributed by atoms with van der Waals surface area (Å²) in [7, 11) is 0. The Labute approximate surface area is 326 Å². The smallest absolute Gasteiger partial charge is 0.410 e. The number of primary amides is 1. The molecule has 3 aliphatic rings. The van der Waals surface area contributed by atoms with Gasteiger partial charge in [-0.1, -0.05) is 78.3 Å². The second kappa shape index (κ2) is 20.1. The Morgan fingerprint density at radius 3 is 2.04 bits per heavy atom. The lowest BCUT2D eigenvalue weighted by Crippen LogP contribution is -2.60. The maximum atomic E-state index is 14.1. The molecular weight excluding hydrogens is 704 g/mol. The molecule has 1 aromatic carbocycles. The molecular formula is C41H64N6O8. The lowest BCUT2D eigenvalue weighted by Gasteiger charge is -2.35. The van der Waals surface area contributed by atoms with Crippen molar-refractivity contribution < 1.29 is 38.6 Å². The van der Waals surface area contributed by atoms with Gasteiger partial charge in [-0.3, -0.25) is 24.0 Å². The van der Waals surface area contributed by atoms with Crippen LogP contribution in [0.3, 0.4) is 0 Å². The first kappa shape index (κ1) is 43.5. The zero-order valence-electron chi connectivity index (χ0n) is 33.6. The highest BCUT2D eigenvalue weighted by molar-refractivity contribution is 5.96. The summed E-state index contributed by atoms with van der Waals surface area (Å²) in [5, 5.41) is 17.5. The molecule has 14 heteroatoms. The molecule has 0 aliphatic carbocycles. The van der Waals surface area contributed by atoms with E-state index in [0.29, 0.717) is 64.6 Å². The van der Waals surface area contributed by atoms with Crippen molar-refractivity contribution in [2.45, 2.75) is 142 Å². The van der Waals surface area contributed by atoms with Crippen LogP contribution in [0.4, 0.5) is 4.79 Å². The van der Waals surface area contributed by atoms with Gasteiger partial charge < -0.3 is 40.9 Å². The number of benzene rings is 1. The molecule has 5 N–H and O–H groups in total. The molecule has 0 radical (unpaired) electrons. The van der Waals surface area contributed by atoms with Crippen LogP contribution in [0, 0.1) is 23.7 Å². The number of carbonyl (C=O) groups is 6. The van der Waals surface area contributed by atoms with Crippen LogP contribution in [0.25, 0.3) is 0 Å². The Kier molecular flexibility index (Phi) is 15.9. The van der Waals surface area contributed by atoms with E-state index < -0.39 is 60.0 Å². The van der Waals surface area contributed by atoms with Gasteiger partial charge in [0.1, 0.15) is 30.8 Å². The van der Waals surface area contributed by atoms with Crippen LogP contribution >= 0.6 is 0 Å². The van der Waals surface area contributed by atoms with Crippen LogP contribution < -0.4 is 16.4 Å². The van der Waals surface area contributed by atoms with Crippen LogP contribution in [0.2, 0.25) is 0 Å². The first-order valence-electron chi connectivity index (χ1n) is 20.3. The standard InChI is InChI=1S/C41H64N6O8/c1-7-27(6)35(38(51)43-34(26(4)5)40(53)47-21-13-18-32(47)39(52)46-20-12-17-31(46)36(42)49)44-37(50)30(22-25(2)3)33(48)23-29-16-11-19-45(29)41(54)55-24-28-14-9-8-10-15-28/h8-10,14-15,25-27,29-35,48H,7,11-13,16-24H2,1-6H3,(H2,42,49)(H,43,51)(H,44,50)/t27-,29-,30+,31-,32-,33-,34-,35-/m1/s1. The van der Waals surface area contributed by atoms with Gasteiger partial charge >= 0.3 is 6.09 Å². The first-order valence-corrected chi connectivity index (χ1v) is 20.3. The van der Waals surface area contributed by atoms with E-state index in [1.165, 1.54) is 9.80 Å². The van der Waals surface area contributed by atoms with Gasteiger partial charge in [-0.2, -0.15) is 0 Å². The lowest BCUT2D eigenvalue weighted by atomic mass is 9.86. The number of amides is 6. The third-order valence-electron chi connectivity index (χ3n) is 11.6. The van der Waals surface area contributed by atoms with Crippen LogP contribution in [0.5, 0.6) is 0 Å². The number of carbonyl (C=O) groups excluding carboxylic acids is 6. The molecule has 4 rings (SSSR count). The summed E-state index contributed by atoms with van der Waals surface area (Å²) in [5.74, 6) is -3.69. The molecule has 0 unspecified atom stereocenters. The minimum absolute atomic E-state index is 0.0506. The van der Waals surface area contributed by atoms with Gasteiger partial charge in [0.15, 0.2) is 0 Å². The van der Waals surface area contributed by atoms with Crippen molar-refractivity contribution in [3.05, 3.63) is 35.9 Å². The fraction of sp³-hybridized carbons (Fsp3) is 0.707. The van der Waals surface area contributed by atoms with E-state index in [2.05, 4.69) is 10.6 Å². The fourth-order valence-corrected chi connectivity index (χ4v) is 8.22. The van der Waals surface area contributed by atoms with Gasteiger partial charge in [0, 0.05) is 25.7 Å². The second-order valence-corrected chi connectivity index (χ2v) is 16.5. The molecule has 0 saturated carbocycles. The molecule has 1 aromatic rings. The number of nitrogens with zero attached hydrogens (tertiary/aromatic N) is 3. The van der Waals surface area contributed by atoms with E-state index in [1.807, 2.05) is 71.9 Å². The van der Waals surface area contributed by atoms with Gasteiger partial charge in [0.2, 0.25) is 29.5 Å². The number of ether oxygens (including phenoxy) is 1. The number of likely N-dealkylation sites (tertiary alicyclic amines) is 3. The highest BCUT2D eigenvalue weighted by atomic mass is 16.6. The van der Waals surface area contributed by atoms with Crippen molar-refractivity contribution in [2.24, 2.45) is 29.4 Å². The number of nitrogens with two attached hydrogens (primary N) is 1. The Morgan fingerprint density at radius 1 is 0.818 bits per heavy atom. The first-order chi connectivity index (χ1) is 26.1. The summed E-state index contributed by atoms with van der Waals surface area (Å²) >= 11 is 0. The van der Waals surface area contributed by atoms with Gasteiger partial charge in [-0.25, -0.2) is 4.79 Å². The molecule has 55 heavy (non-hydrogen) atoms. The van der Waals surface area contributed by atoms with E-state index in [9.17, 15) is 33.9 Å². The van der Waals surface area contributed by atoms with Crippen molar-refractivity contribution in [3.8, 4) is 0 Å². The van der Waals surface area contributed by atoms with Gasteiger partial charge in [0.05, 0.1) is 12.0 Å². The molecule has 0 spiro atoms. The molecule has 8 atom stereocenters. The Balaban J connectivity index is 1.44. The van der Waals surface area contributed by atoms with Gasteiger partial charge in [0.25, 0.3) is 0 Å². The third kappa shape index (κ3) is 11.2. The van der Waals surface area contributed by atoms with Crippen molar-refractivity contribution >= 4 is 35.6 Å². The van der Waals surface area contributed by atoms with E-state index >= 15 is 0 Å². The number of aliphatic hydroxyl groups is 1. The Bertz CT molecular complexity index is 1490. The molecule has 3 heterocycles. The fourth-order valence-electron chi connectivity index (χ4n) is 8.22. The lowest BCUT2D eigenvalue weighted by molar-refractivity contribution is -0.148. The second-order valence-electron chi connectivity index (χ2n) is 16.5. The molecule has 0 aromatic heterocycles. The molecule has 3 saturated heterocycles. The Hall–Kier alpha value is -4.20. The molecule has 306 valence electrons. The van der Waals surface area contributed by atoms with Crippen LogP contribution in [-0.4, -0.2) is 111 Å². The molecule has 0 bridgehead atoms. The molecule has 3 aliphatic heterocycles. The summed E-state index contributed by atoms with van der Waals surface area (Å²) in [6.45, 7) is 12.7. The van der Waals surface area contributed by atoms with Crippen LogP contribution in [-0.2, 0) is 35.3 Å². The third-order valence-corrected chi connectivity index (χ3v) is 11.6. The maximum Gasteiger partial charge on any atom is 0.410 e. The monoisotopic (exact) mass is 768 g/mol. The quantitative estimate of drug-likeness (QED) is 0.186. The van der Waals surface area contributed by atoms with E-state index in [4.69, 9.17) is 10.5 Å². The minimum Gasteiger partial charge on any atom is -0.445 e. The number of rotatable bonds is 17. The predicted molar refractivity (Wildman–Crippen MR) is 207 cm³/mol. The summed E-state index contributed by atoms with van der Waals surface area (Å²) in [5.41, 5.74) is 6.45. The van der Waals surface area contributed by atoms with Crippen LogP contribution in [0.15, 0.2) is 30.3 Å². The molecule has 14 nitrogen and oxygen atoms in total. The number of aliphatic hydroxyl groups excluding tert-OH is 1. The van der Waals surface area contributed by atoms with E-state index in [0.717, 1.165) is 12.0 Å². The van der Waals surface area contributed by atoms with Gasteiger partial charge in [-0.05, 0) is 74.7 Å². The zero-order valence-corrected chi connectivity index (χ0v) is 33.6. The van der Waals surface area contributed by atoms with Crippen molar-refractivity contribution in [3.63, 3.8) is 0 Å². The summed E-state index contributed by atoms with van der Waals surface area (Å²) < 4.78 is 5.58. The topological polar surface area (TPSA) is 192 Å².